The van der Waals surface area contributed by atoms with E-state index >= 15 is 0 Å². The van der Waals surface area contributed by atoms with Crippen molar-refractivity contribution in [2.45, 2.75) is 51.6 Å². The number of rotatable bonds is 10. The van der Waals surface area contributed by atoms with Crippen LogP contribution in [-0.2, 0) is 19.3 Å². The number of hydrogen-bond acceptors (Lipinski definition) is 8. The number of likely N-dealkylation sites (tertiary alicyclic amines) is 2. The van der Waals surface area contributed by atoms with Gasteiger partial charge in [0.25, 0.3) is 0 Å². The minimum Gasteiger partial charge on any atom is -0.450 e. The maximum absolute atomic E-state index is 12.6. The molecule has 2 rings (SSSR count). The van der Waals surface area contributed by atoms with E-state index in [4.69, 9.17) is 9.47 Å². The summed E-state index contributed by atoms with van der Waals surface area (Å²) in [7, 11) is -3.19. The summed E-state index contributed by atoms with van der Waals surface area (Å²) in [5, 5.41) is 5.69. The van der Waals surface area contributed by atoms with E-state index in [1.165, 1.54) is 0 Å². The van der Waals surface area contributed by atoms with Gasteiger partial charge in [-0.25, -0.2) is 18.0 Å². The minimum atomic E-state index is -3.19. The van der Waals surface area contributed by atoms with Crippen molar-refractivity contribution in [3.63, 3.8) is 0 Å². The molecule has 0 aromatic heterocycles. The minimum absolute atomic E-state index is 0.00677. The van der Waals surface area contributed by atoms with Gasteiger partial charge in [0.1, 0.15) is 0 Å². The van der Waals surface area contributed by atoms with E-state index in [-0.39, 0.29) is 23.6 Å². The van der Waals surface area contributed by atoms with Crippen molar-refractivity contribution in [2.75, 3.05) is 64.0 Å². The van der Waals surface area contributed by atoms with Gasteiger partial charge < -0.3 is 29.9 Å². The van der Waals surface area contributed by atoms with Crippen molar-refractivity contribution in [3.05, 3.63) is 0 Å². The van der Waals surface area contributed by atoms with Gasteiger partial charge >= 0.3 is 12.2 Å². The van der Waals surface area contributed by atoms with Gasteiger partial charge in [-0.1, -0.05) is 0 Å². The zero-order valence-electron chi connectivity index (χ0n) is 18.8. The van der Waals surface area contributed by atoms with Crippen LogP contribution in [0, 0.1) is 0 Å². The number of carbonyl (C=O) groups excluding carboxylic acids is 2. The fourth-order valence-corrected chi connectivity index (χ4v) is 5.35. The normalized spacial score (nSPS) is 23.2. The summed E-state index contributed by atoms with van der Waals surface area (Å²) in [4.78, 5) is 27.4. The highest BCUT2D eigenvalue weighted by Gasteiger charge is 2.25. The quantitative estimate of drug-likeness (QED) is 0.490. The van der Waals surface area contributed by atoms with E-state index < -0.39 is 22.0 Å². The van der Waals surface area contributed by atoms with Crippen LogP contribution in [0.5, 0.6) is 0 Å². The van der Waals surface area contributed by atoms with Crippen LogP contribution in [0.1, 0.15) is 39.5 Å². The van der Waals surface area contributed by atoms with Gasteiger partial charge in [-0.05, 0) is 52.6 Å². The highest BCUT2D eigenvalue weighted by molar-refractivity contribution is 7.91. The molecular weight excluding hydrogens is 424 g/mol. The van der Waals surface area contributed by atoms with Crippen LogP contribution < -0.4 is 10.6 Å². The third-order valence-electron chi connectivity index (χ3n) is 5.64. The van der Waals surface area contributed by atoms with Gasteiger partial charge in [0, 0.05) is 38.3 Å². The Balaban J connectivity index is 1.70. The maximum atomic E-state index is 12.6. The van der Waals surface area contributed by atoms with E-state index in [0.29, 0.717) is 39.4 Å². The molecule has 11 heteroatoms. The first-order valence-electron chi connectivity index (χ1n) is 11.3. The Labute approximate surface area is 185 Å². The second-order valence-electron chi connectivity index (χ2n) is 8.16. The fraction of sp³-hybridized carbons (Fsp3) is 0.900. The molecule has 2 unspecified atom stereocenters. The summed E-state index contributed by atoms with van der Waals surface area (Å²) in [6.45, 7) is 8.08. The van der Waals surface area contributed by atoms with E-state index in [1.807, 2.05) is 0 Å². The molecule has 0 radical (unpaired) electrons. The van der Waals surface area contributed by atoms with E-state index in [9.17, 15) is 18.0 Å². The number of nitrogens with one attached hydrogen (secondary N) is 2. The Bertz CT molecular complexity index is 625. The predicted octanol–water partition coefficient (Wildman–Crippen LogP) is 0.822. The molecule has 2 fully saturated rings. The predicted molar refractivity (Wildman–Crippen MR) is 118 cm³/mol. The van der Waals surface area contributed by atoms with Gasteiger partial charge in [-0.15, -0.1) is 0 Å². The Morgan fingerprint density at radius 1 is 0.839 bits per heavy atom. The van der Waals surface area contributed by atoms with Gasteiger partial charge in [0.05, 0.1) is 24.7 Å². The van der Waals surface area contributed by atoms with Gasteiger partial charge in [0.15, 0.2) is 9.84 Å². The maximum Gasteiger partial charge on any atom is 0.407 e. The van der Waals surface area contributed by atoms with Gasteiger partial charge in [-0.3, -0.25) is 0 Å². The lowest BCUT2D eigenvalue weighted by Crippen LogP contribution is -2.49. The molecule has 2 saturated heterocycles. The molecule has 0 aromatic rings. The first kappa shape index (κ1) is 25.7. The van der Waals surface area contributed by atoms with Crippen molar-refractivity contribution in [2.24, 2.45) is 0 Å². The van der Waals surface area contributed by atoms with Crippen LogP contribution >= 0.6 is 0 Å². The number of hydrogen-bond donors (Lipinski definition) is 2. The number of nitrogens with zero attached hydrogens (tertiary/aromatic N) is 2. The Kier molecular flexibility index (Phi) is 10.8. The summed E-state index contributed by atoms with van der Waals surface area (Å²) in [5.41, 5.74) is 0. The lowest BCUT2D eigenvalue weighted by Gasteiger charge is -2.33. The van der Waals surface area contributed by atoms with Crippen molar-refractivity contribution >= 4 is 22.0 Å². The van der Waals surface area contributed by atoms with Crippen LogP contribution in [0.3, 0.4) is 0 Å². The number of sulfone groups is 1. The third kappa shape index (κ3) is 10.0. The highest BCUT2D eigenvalue weighted by Crippen LogP contribution is 2.12. The van der Waals surface area contributed by atoms with Gasteiger partial charge in [-0.2, -0.15) is 0 Å². The molecule has 0 aliphatic carbocycles. The molecule has 2 aliphatic heterocycles. The molecule has 180 valence electrons. The first-order valence-corrected chi connectivity index (χ1v) is 13.1. The summed E-state index contributed by atoms with van der Waals surface area (Å²) < 4.78 is 35.0. The van der Waals surface area contributed by atoms with E-state index in [2.05, 4.69) is 20.4 Å². The lowest BCUT2D eigenvalue weighted by molar-refractivity contribution is 0.135. The Hall–Kier alpha value is -1.59. The molecule has 2 atom stereocenters. The molecule has 0 aromatic carbocycles. The topological polar surface area (TPSA) is 117 Å². The molecule has 2 N–H and O–H groups in total. The highest BCUT2D eigenvalue weighted by atomic mass is 32.2. The second-order valence-corrected chi connectivity index (χ2v) is 10.5. The summed E-state index contributed by atoms with van der Waals surface area (Å²) in [6, 6.07) is -0.0135. The molecule has 0 saturated carbocycles. The average molecular weight is 463 g/mol. The van der Waals surface area contributed by atoms with Crippen molar-refractivity contribution in [3.8, 4) is 0 Å². The van der Waals surface area contributed by atoms with Crippen LogP contribution in [-0.4, -0.2) is 106 Å². The van der Waals surface area contributed by atoms with Crippen LogP contribution in [0.2, 0.25) is 0 Å². The van der Waals surface area contributed by atoms with Crippen molar-refractivity contribution in [1.29, 1.82) is 0 Å². The summed E-state index contributed by atoms with van der Waals surface area (Å²) in [5.74, 6) is 0.217. The zero-order chi connectivity index (χ0) is 22.7. The standard InChI is InChI=1S/C20H38N4O6S/c1-3-29-19(25)21-17-7-5-9-23(15-17)11-13-31(27,28)14-12-24-10-6-8-18(16-24)22-20(26)30-4-2/h17-18H,3-16H2,1-2H3,(H,21,25)(H,22,26). The zero-order valence-corrected chi connectivity index (χ0v) is 19.6. The van der Waals surface area contributed by atoms with Crippen LogP contribution in [0.25, 0.3) is 0 Å². The number of amides is 2. The number of alkyl carbamates (subject to hydrolysis) is 2. The SMILES string of the molecule is CCOC(=O)NC1CCCN(CCS(=O)(=O)CCN2CCCC(NC(=O)OCC)C2)C1. The number of piperidine rings is 2. The molecule has 2 amide bonds. The monoisotopic (exact) mass is 462 g/mol. The molecule has 0 bridgehead atoms. The molecule has 2 heterocycles. The smallest absolute Gasteiger partial charge is 0.407 e. The Morgan fingerprint density at radius 2 is 1.26 bits per heavy atom. The van der Waals surface area contributed by atoms with Crippen LogP contribution in [0.15, 0.2) is 0 Å². The number of carbonyl (C=O) groups is 2. The van der Waals surface area contributed by atoms with E-state index in [1.54, 1.807) is 13.8 Å². The number of ether oxygens (including phenoxy) is 2. The largest absolute Gasteiger partial charge is 0.450 e. The summed E-state index contributed by atoms with van der Waals surface area (Å²) in [6.07, 6.45) is 2.74. The van der Waals surface area contributed by atoms with Crippen molar-refractivity contribution < 1.29 is 27.5 Å². The molecule has 0 spiro atoms. The lowest BCUT2D eigenvalue weighted by atomic mass is 10.1. The first-order chi connectivity index (χ1) is 14.8. The fourth-order valence-electron chi connectivity index (χ4n) is 4.07. The molecule has 10 nitrogen and oxygen atoms in total. The molecule has 31 heavy (non-hydrogen) atoms. The van der Waals surface area contributed by atoms with Gasteiger partial charge in [0.2, 0.25) is 0 Å². The third-order valence-corrected chi connectivity index (χ3v) is 7.25. The average Bonchev–Trinajstić information content (AvgIpc) is 2.72. The van der Waals surface area contributed by atoms with E-state index in [0.717, 1.165) is 38.8 Å². The van der Waals surface area contributed by atoms with Crippen LogP contribution in [0.4, 0.5) is 9.59 Å². The molecular formula is C20H38N4O6S. The van der Waals surface area contributed by atoms with Crippen molar-refractivity contribution in [1.82, 2.24) is 20.4 Å². The molecule has 2 aliphatic rings. The second kappa shape index (κ2) is 13.1. The summed E-state index contributed by atoms with van der Waals surface area (Å²) >= 11 is 0. The Morgan fingerprint density at radius 3 is 1.65 bits per heavy atom.